The number of rotatable bonds is 17. The molecule has 47 heavy (non-hydrogen) atoms. The van der Waals surface area contributed by atoms with Crippen LogP contribution in [0.1, 0.15) is 65.4 Å². The van der Waals surface area contributed by atoms with Crippen molar-refractivity contribution in [1.82, 2.24) is 5.32 Å². The van der Waals surface area contributed by atoms with Crippen molar-refractivity contribution >= 4 is 30.2 Å². The van der Waals surface area contributed by atoms with Crippen LogP contribution in [0, 0.1) is 17.7 Å². The molecule has 0 spiro atoms. The molecule has 0 radical (unpaired) electrons. The minimum absolute atomic E-state index is 0.0185. The van der Waals surface area contributed by atoms with Gasteiger partial charge < -0.3 is 24.0 Å². The number of halogens is 2. The van der Waals surface area contributed by atoms with Crippen molar-refractivity contribution in [2.45, 2.75) is 102 Å². The second kappa shape index (κ2) is 17.9. The molecule has 0 aliphatic heterocycles. The van der Waals surface area contributed by atoms with E-state index >= 15 is 0 Å². The molecule has 1 unspecified atom stereocenters. The number of likely N-dealkylation sites (N-methyl/N-ethyl adjacent to an activating group) is 1. The molecule has 1 saturated carbocycles. The molecular formula is C38H55BrFNO5Si. The van der Waals surface area contributed by atoms with Gasteiger partial charge in [0.15, 0.2) is 19.9 Å². The SMILES string of the molecule is CNC(C)(/C=C/[C@@H]1[C@@H](C/C=C\CCCC(=O)OC)[C@@H](O[Si](C)(C)C(C)(C)C)C[C@H]1OCc1ccccc1Br)COc1ccccc1F. The third kappa shape index (κ3) is 11.7. The van der Waals surface area contributed by atoms with Gasteiger partial charge in [-0.05, 0) is 87.5 Å². The molecule has 5 atom stereocenters. The summed E-state index contributed by atoms with van der Waals surface area (Å²) in [7, 11) is 1.22. The maximum Gasteiger partial charge on any atom is 0.305 e. The number of allylic oxidation sites excluding steroid dienone is 2. The zero-order valence-corrected chi connectivity index (χ0v) is 32.1. The third-order valence-electron chi connectivity index (χ3n) is 9.70. The topological polar surface area (TPSA) is 66.0 Å². The van der Waals surface area contributed by atoms with E-state index < -0.39 is 13.9 Å². The van der Waals surface area contributed by atoms with E-state index in [-0.39, 0.29) is 53.2 Å². The van der Waals surface area contributed by atoms with Crippen molar-refractivity contribution in [3.63, 3.8) is 0 Å². The number of hydrogen-bond donors (Lipinski definition) is 1. The molecule has 1 fully saturated rings. The molecule has 260 valence electrons. The predicted molar refractivity (Wildman–Crippen MR) is 195 cm³/mol. The lowest BCUT2D eigenvalue weighted by Gasteiger charge is -2.40. The fourth-order valence-electron chi connectivity index (χ4n) is 5.50. The molecule has 3 rings (SSSR count). The Hall–Kier alpha value is -2.30. The fraction of sp³-hybridized carbons (Fsp3) is 0.553. The molecule has 0 amide bonds. The number of methoxy groups -OCH3 is 1. The second-order valence-corrected chi connectivity index (χ2v) is 19.9. The Balaban J connectivity index is 1.91. The summed E-state index contributed by atoms with van der Waals surface area (Å²) >= 11 is 3.68. The zero-order valence-electron chi connectivity index (χ0n) is 29.5. The highest BCUT2D eigenvalue weighted by molar-refractivity contribution is 9.10. The van der Waals surface area contributed by atoms with Gasteiger partial charge in [0.25, 0.3) is 0 Å². The van der Waals surface area contributed by atoms with E-state index in [1.54, 1.807) is 18.2 Å². The van der Waals surface area contributed by atoms with Crippen LogP contribution in [0.5, 0.6) is 5.75 Å². The van der Waals surface area contributed by atoms with E-state index in [1.807, 2.05) is 25.2 Å². The Bertz CT molecular complexity index is 1350. The summed E-state index contributed by atoms with van der Waals surface area (Å²) in [4.78, 5) is 11.6. The summed E-state index contributed by atoms with van der Waals surface area (Å²) in [5, 5.41) is 3.44. The lowest BCUT2D eigenvalue weighted by molar-refractivity contribution is -0.140. The first-order valence-corrected chi connectivity index (χ1v) is 20.4. The molecule has 0 bridgehead atoms. The molecule has 9 heteroatoms. The minimum Gasteiger partial charge on any atom is -0.488 e. The standard InChI is InChI=1S/C38H55BrFNO5Si/c1-37(2,3)47(7,8)46-35-25-34(44-26-28-17-13-14-19-31(28)39)30(29(35)18-11-9-10-12-22-36(42)43-6)23-24-38(4,41-5)27-45-33-21-16-15-20-32(33)40/h9,11,13-17,19-21,23-24,29-30,34-35,41H,10,12,18,22,25-27H2,1-8H3/b11-9-,24-23+/t29-,30-,34-,35+,38?/m1/s1. The first-order chi connectivity index (χ1) is 22.2. The molecule has 0 aromatic heterocycles. The van der Waals surface area contributed by atoms with Crippen molar-refractivity contribution in [2.75, 3.05) is 20.8 Å². The summed E-state index contributed by atoms with van der Waals surface area (Å²) in [5.41, 5.74) is 0.548. The van der Waals surface area contributed by atoms with Gasteiger partial charge in [-0.25, -0.2) is 4.39 Å². The van der Waals surface area contributed by atoms with Crippen LogP contribution in [-0.4, -0.2) is 52.8 Å². The van der Waals surface area contributed by atoms with Gasteiger partial charge in [-0.3, -0.25) is 4.79 Å². The van der Waals surface area contributed by atoms with Crippen molar-refractivity contribution in [3.8, 4) is 5.75 Å². The highest BCUT2D eigenvalue weighted by Gasteiger charge is 2.48. The highest BCUT2D eigenvalue weighted by Crippen LogP contribution is 2.45. The van der Waals surface area contributed by atoms with Crippen molar-refractivity contribution in [2.24, 2.45) is 11.8 Å². The Labute approximate surface area is 291 Å². The number of nitrogens with one attached hydrogen (secondary N) is 1. The third-order valence-corrected chi connectivity index (χ3v) is 15.0. The van der Waals surface area contributed by atoms with E-state index in [4.69, 9.17) is 18.6 Å². The number of ether oxygens (including phenoxy) is 3. The summed E-state index contributed by atoms with van der Waals surface area (Å²) < 4.78 is 40.0. The molecule has 6 nitrogen and oxygen atoms in total. The number of carbonyl (C=O) groups excluding carboxylic acids is 1. The average Bonchev–Trinajstić information content (AvgIpc) is 3.34. The van der Waals surface area contributed by atoms with Crippen LogP contribution < -0.4 is 10.1 Å². The quantitative estimate of drug-likeness (QED) is 0.0757. The monoisotopic (exact) mass is 731 g/mol. The smallest absolute Gasteiger partial charge is 0.305 e. The van der Waals surface area contributed by atoms with E-state index in [1.165, 1.54) is 13.2 Å². The van der Waals surface area contributed by atoms with Gasteiger partial charge >= 0.3 is 5.97 Å². The zero-order chi connectivity index (χ0) is 34.7. The normalized spacial score (nSPS) is 21.7. The predicted octanol–water partition coefficient (Wildman–Crippen LogP) is 9.40. The summed E-state index contributed by atoms with van der Waals surface area (Å²) in [6, 6.07) is 14.6. The Kier molecular flexibility index (Phi) is 14.9. The summed E-state index contributed by atoms with van der Waals surface area (Å²) in [6.45, 7) is 14.2. The molecule has 0 saturated heterocycles. The van der Waals surface area contributed by atoms with E-state index in [0.717, 1.165) is 35.7 Å². The number of unbranched alkanes of at least 4 members (excludes halogenated alkanes) is 1. The highest BCUT2D eigenvalue weighted by atomic mass is 79.9. The summed E-state index contributed by atoms with van der Waals surface area (Å²) in [6.07, 6.45) is 12.3. The first kappa shape index (κ1) is 39.1. The van der Waals surface area contributed by atoms with Gasteiger partial charge in [-0.2, -0.15) is 0 Å². The van der Waals surface area contributed by atoms with Crippen LogP contribution >= 0.6 is 15.9 Å². The molecule has 2 aromatic carbocycles. The number of hydrogen-bond acceptors (Lipinski definition) is 6. The molecule has 1 aliphatic carbocycles. The van der Waals surface area contributed by atoms with E-state index in [2.05, 4.69) is 92.4 Å². The minimum atomic E-state index is -2.10. The van der Waals surface area contributed by atoms with Gasteiger partial charge in [0, 0.05) is 16.8 Å². The fourth-order valence-corrected chi connectivity index (χ4v) is 7.28. The maximum atomic E-state index is 14.3. The van der Waals surface area contributed by atoms with Crippen molar-refractivity contribution in [3.05, 3.63) is 88.7 Å². The second-order valence-electron chi connectivity index (χ2n) is 14.3. The molecular weight excluding hydrogens is 677 g/mol. The largest absolute Gasteiger partial charge is 0.488 e. The van der Waals surface area contributed by atoms with Crippen LogP contribution in [0.25, 0.3) is 0 Å². The van der Waals surface area contributed by atoms with E-state index in [0.29, 0.717) is 13.0 Å². The van der Waals surface area contributed by atoms with Gasteiger partial charge in [0.2, 0.25) is 0 Å². The van der Waals surface area contributed by atoms with Crippen molar-refractivity contribution in [1.29, 1.82) is 0 Å². The molecule has 1 N–H and O–H groups in total. The van der Waals surface area contributed by atoms with Gasteiger partial charge in [0.1, 0.15) is 6.61 Å². The van der Waals surface area contributed by atoms with Crippen LogP contribution in [0.3, 0.4) is 0 Å². The van der Waals surface area contributed by atoms with E-state index in [9.17, 15) is 9.18 Å². The van der Waals surface area contributed by atoms with Gasteiger partial charge in [-0.15, -0.1) is 0 Å². The first-order valence-electron chi connectivity index (χ1n) is 16.7. The average molecular weight is 733 g/mol. The van der Waals surface area contributed by atoms with Crippen LogP contribution in [0.4, 0.5) is 4.39 Å². The van der Waals surface area contributed by atoms with Gasteiger partial charge in [0.05, 0.1) is 31.5 Å². The number of para-hydroxylation sites is 1. The Morgan fingerprint density at radius 3 is 2.43 bits per heavy atom. The van der Waals surface area contributed by atoms with Gasteiger partial charge in [-0.1, -0.05) is 91.3 Å². The molecule has 1 aliphatic rings. The number of benzene rings is 2. The van der Waals surface area contributed by atoms with Crippen LogP contribution in [0.15, 0.2) is 77.3 Å². The lowest BCUT2D eigenvalue weighted by atomic mass is 9.88. The number of esters is 1. The number of carbonyl (C=O) groups is 1. The van der Waals surface area contributed by atoms with Crippen LogP contribution in [0.2, 0.25) is 18.1 Å². The summed E-state index contributed by atoms with van der Waals surface area (Å²) in [5.74, 6) is -0.0896. The lowest BCUT2D eigenvalue weighted by Crippen LogP contribution is -2.45. The van der Waals surface area contributed by atoms with Crippen LogP contribution in [-0.2, 0) is 25.3 Å². The maximum absolute atomic E-state index is 14.3. The Morgan fingerprint density at radius 1 is 1.06 bits per heavy atom. The molecule has 2 aromatic rings. The molecule has 0 heterocycles. The Morgan fingerprint density at radius 2 is 1.77 bits per heavy atom. The van der Waals surface area contributed by atoms with Crippen molar-refractivity contribution < 1.29 is 27.8 Å².